The molecule has 1 aromatic rings. The molecule has 9 heteroatoms. The Kier molecular flexibility index (Phi) is 5.90. The average molecular weight is 457 g/mol. The van der Waals surface area contributed by atoms with Crippen LogP contribution in [0.3, 0.4) is 0 Å². The van der Waals surface area contributed by atoms with Crippen molar-refractivity contribution in [2.75, 3.05) is 13.3 Å². The molecule has 0 atom stereocenters. The molecular weight excluding hydrogens is 424 g/mol. The van der Waals surface area contributed by atoms with Crippen molar-refractivity contribution in [2.24, 2.45) is 5.92 Å². The highest BCUT2D eigenvalue weighted by atomic mass is 16.7. The van der Waals surface area contributed by atoms with Gasteiger partial charge in [0.15, 0.2) is 11.5 Å². The molecule has 3 fully saturated rings. The fourth-order valence-electron chi connectivity index (χ4n) is 5.52. The fraction of sp³-hybridized carbons (Fsp3) is 0.625. The molecule has 33 heavy (non-hydrogen) atoms. The van der Waals surface area contributed by atoms with Gasteiger partial charge in [0.05, 0.1) is 6.54 Å². The summed E-state index contributed by atoms with van der Waals surface area (Å²) in [5.74, 6) is 1.30. The second kappa shape index (κ2) is 8.85. The van der Waals surface area contributed by atoms with Crippen molar-refractivity contribution < 1.29 is 23.9 Å². The van der Waals surface area contributed by atoms with E-state index < -0.39 is 11.6 Å². The Morgan fingerprint density at radius 2 is 1.88 bits per heavy atom. The monoisotopic (exact) mass is 456 g/mol. The summed E-state index contributed by atoms with van der Waals surface area (Å²) in [6.45, 7) is 3.07. The van der Waals surface area contributed by atoms with Gasteiger partial charge in [0.2, 0.25) is 6.79 Å². The van der Waals surface area contributed by atoms with E-state index in [1.165, 1.54) is 0 Å². The lowest BCUT2D eigenvalue weighted by molar-refractivity contribution is -0.140. The summed E-state index contributed by atoms with van der Waals surface area (Å²) in [6.07, 6.45) is 7.34. The second-order valence-electron chi connectivity index (χ2n) is 9.90. The smallest absolute Gasteiger partial charge is 0.344 e. The highest BCUT2D eigenvalue weighted by Gasteiger charge is 2.53. The van der Waals surface area contributed by atoms with Crippen LogP contribution >= 0.6 is 0 Å². The zero-order chi connectivity index (χ0) is 23.0. The molecule has 2 heterocycles. The zero-order valence-corrected chi connectivity index (χ0v) is 19.1. The van der Waals surface area contributed by atoms with Crippen LogP contribution in [-0.4, -0.2) is 52.7 Å². The number of amides is 4. The molecule has 2 aliphatic carbocycles. The molecule has 1 saturated heterocycles. The number of carbonyl (C=O) groups is 3. The lowest BCUT2D eigenvalue weighted by Gasteiger charge is -2.33. The maximum absolute atomic E-state index is 13.1. The second-order valence-corrected chi connectivity index (χ2v) is 9.90. The number of fused-ring (bicyclic) bond motifs is 1. The Balaban J connectivity index is 1.25. The van der Waals surface area contributed by atoms with Gasteiger partial charge in [0, 0.05) is 12.6 Å². The van der Waals surface area contributed by atoms with Crippen LogP contribution < -0.4 is 20.2 Å². The molecular formula is C24H32N4O5. The number of nitrogens with one attached hydrogen (secondary N) is 2. The van der Waals surface area contributed by atoms with Crippen LogP contribution in [0.25, 0.3) is 0 Å². The number of imide groups is 1. The van der Waals surface area contributed by atoms with Crippen LogP contribution in [-0.2, 0) is 16.1 Å². The molecule has 1 spiro atoms. The van der Waals surface area contributed by atoms with Gasteiger partial charge in [-0.1, -0.05) is 25.8 Å². The lowest BCUT2D eigenvalue weighted by atomic mass is 9.77. The van der Waals surface area contributed by atoms with E-state index in [1.54, 1.807) is 0 Å². The van der Waals surface area contributed by atoms with Gasteiger partial charge in [-0.05, 0) is 62.1 Å². The van der Waals surface area contributed by atoms with Crippen molar-refractivity contribution in [1.29, 1.82) is 0 Å². The summed E-state index contributed by atoms with van der Waals surface area (Å²) in [5, 5.41) is 3.75. The van der Waals surface area contributed by atoms with E-state index in [0.717, 1.165) is 60.6 Å². The third-order valence-electron chi connectivity index (χ3n) is 7.54. The van der Waals surface area contributed by atoms with Crippen LogP contribution in [0.4, 0.5) is 4.79 Å². The first-order valence-corrected chi connectivity index (χ1v) is 12.0. The molecule has 178 valence electrons. The summed E-state index contributed by atoms with van der Waals surface area (Å²) < 4.78 is 10.9. The van der Waals surface area contributed by atoms with Gasteiger partial charge in [-0.25, -0.2) is 4.79 Å². The molecule has 0 unspecified atom stereocenters. The minimum atomic E-state index is -0.867. The predicted molar refractivity (Wildman–Crippen MR) is 119 cm³/mol. The van der Waals surface area contributed by atoms with Crippen LogP contribution in [0.5, 0.6) is 11.5 Å². The van der Waals surface area contributed by atoms with Gasteiger partial charge in [-0.2, -0.15) is 5.01 Å². The molecule has 2 aliphatic heterocycles. The van der Waals surface area contributed by atoms with Gasteiger partial charge < -0.3 is 14.8 Å². The van der Waals surface area contributed by atoms with Gasteiger partial charge in [0.25, 0.3) is 11.8 Å². The van der Waals surface area contributed by atoms with Crippen LogP contribution in [0, 0.1) is 5.92 Å². The SMILES string of the molecule is CC1CCC2(CC1)NC(=O)N(NC(=O)CN(Cc1ccc3c(c1)OCO3)C1CCCC1)C2=O. The molecule has 0 bridgehead atoms. The fourth-order valence-corrected chi connectivity index (χ4v) is 5.52. The standard InChI is InChI=1S/C24H32N4O5/c1-16-8-10-24(11-9-16)22(30)28(23(31)25-24)26-21(29)14-27(18-4-2-3-5-18)13-17-6-7-19-20(12-17)33-15-32-19/h6-7,12,16,18H,2-5,8-11,13-15H2,1H3,(H,25,31)(H,26,29). The first-order valence-electron chi connectivity index (χ1n) is 12.0. The topological polar surface area (TPSA) is 100 Å². The average Bonchev–Trinajstić information content (AvgIpc) is 3.53. The Morgan fingerprint density at radius 1 is 1.15 bits per heavy atom. The van der Waals surface area contributed by atoms with Crippen molar-refractivity contribution in [1.82, 2.24) is 20.7 Å². The van der Waals surface area contributed by atoms with Crippen LogP contribution in [0.2, 0.25) is 0 Å². The van der Waals surface area contributed by atoms with Crippen molar-refractivity contribution in [2.45, 2.75) is 76.4 Å². The van der Waals surface area contributed by atoms with Crippen molar-refractivity contribution in [3.05, 3.63) is 23.8 Å². The van der Waals surface area contributed by atoms with Gasteiger partial charge in [-0.15, -0.1) is 0 Å². The number of benzene rings is 1. The summed E-state index contributed by atoms with van der Waals surface area (Å²) in [7, 11) is 0. The van der Waals surface area contributed by atoms with E-state index in [9.17, 15) is 14.4 Å². The van der Waals surface area contributed by atoms with Crippen molar-refractivity contribution >= 4 is 17.8 Å². The molecule has 1 aromatic carbocycles. The third-order valence-corrected chi connectivity index (χ3v) is 7.54. The van der Waals surface area contributed by atoms with Crippen LogP contribution in [0.1, 0.15) is 63.9 Å². The third kappa shape index (κ3) is 4.38. The Hall–Kier alpha value is -2.81. The first kappa shape index (κ1) is 22.0. The number of hydrogen-bond donors (Lipinski definition) is 2. The molecule has 9 nitrogen and oxygen atoms in total. The maximum Gasteiger partial charge on any atom is 0.344 e. The van der Waals surface area contributed by atoms with E-state index in [4.69, 9.17) is 9.47 Å². The molecule has 4 amide bonds. The number of hydrazine groups is 1. The number of ether oxygens (including phenoxy) is 2. The molecule has 4 aliphatic rings. The molecule has 0 radical (unpaired) electrons. The Labute approximate surface area is 193 Å². The van der Waals surface area contributed by atoms with E-state index in [2.05, 4.69) is 22.6 Å². The van der Waals surface area contributed by atoms with Gasteiger partial charge in [0.1, 0.15) is 5.54 Å². The predicted octanol–water partition coefficient (Wildman–Crippen LogP) is 2.69. The van der Waals surface area contributed by atoms with Crippen LogP contribution in [0.15, 0.2) is 18.2 Å². The quantitative estimate of drug-likeness (QED) is 0.639. The lowest BCUT2D eigenvalue weighted by Crippen LogP contribution is -2.53. The van der Waals surface area contributed by atoms with E-state index in [-0.39, 0.29) is 31.2 Å². The molecule has 2 N–H and O–H groups in total. The number of nitrogens with zero attached hydrogens (tertiary/aromatic N) is 2. The normalized spacial score (nSPS) is 27.0. The highest BCUT2D eigenvalue weighted by Crippen LogP contribution is 2.36. The number of rotatable bonds is 6. The number of urea groups is 1. The maximum atomic E-state index is 13.1. The summed E-state index contributed by atoms with van der Waals surface area (Å²) in [4.78, 5) is 40.7. The number of carbonyl (C=O) groups excluding carboxylic acids is 3. The van der Waals surface area contributed by atoms with Gasteiger partial charge in [-0.3, -0.25) is 19.9 Å². The molecule has 5 rings (SSSR count). The summed E-state index contributed by atoms with van der Waals surface area (Å²) in [5.41, 5.74) is 2.75. The van der Waals surface area contributed by atoms with Crippen molar-refractivity contribution in [3.63, 3.8) is 0 Å². The Morgan fingerprint density at radius 3 is 2.64 bits per heavy atom. The highest BCUT2D eigenvalue weighted by molar-refractivity contribution is 6.08. The van der Waals surface area contributed by atoms with E-state index >= 15 is 0 Å². The first-order chi connectivity index (χ1) is 15.9. The summed E-state index contributed by atoms with van der Waals surface area (Å²) in [6, 6.07) is 5.58. The van der Waals surface area contributed by atoms with E-state index in [0.29, 0.717) is 25.3 Å². The van der Waals surface area contributed by atoms with E-state index in [1.807, 2.05) is 18.2 Å². The minimum absolute atomic E-state index is 0.111. The summed E-state index contributed by atoms with van der Waals surface area (Å²) >= 11 is 0. The Bertz CT molecular complexity index is 937. The van der Waals surface area contributed by atoms with Crippen molar-refractivity contribution in [3.8, 4) is 11.5 Å². The number of hydrogen-bond acceptors (Lipinski definition) is 6. The molecule has 2 saturated carbocycles. The zero-order valence-electron chi connectivity index (χ0n) is 19.1. The molecule has 0 aromatic heterocycles. The minimum Gasteiger partial charge on any atom is -0.454 e. The largest absolute Gasteiger partial charge is 0.454 e. The van der Waals surface area contributed by atoms with Gasteiger partial charge >= 0.3 is 6.03 Å².